The largest absolute Gasteiger partial charge is 0.396 e. The van der Waals surface area contributed by atoms with Crippen LogP contribution in [0.1, 0.15) is 13.8 Å². The normalized spacial score (nSPS) is 12.5. The zero-order chi connectivity index (χ0) is 9.61. The monoisotopic (exact) mass is 174 g/mol. The molecule has 74 valence electrons. The SMILES string of the molecule is CN(C)CCNCC(C)(C)CO. The predicted octanol–water partition coefficient (Wildman–Crippen LogP) is 0.156. The van der Waals surface area contributed by atoms with E-state index in [1.54, 1.807) is 0 Å². The second-order valence-electron chi connectivity index (χ2n) is 4.30. The van der Waals surface area contributed by atoms with Crippen LogP contribution in [0.25, 0.3) is 0 Å². The molecule has 0 unspecified atom stereocenters. The fraction of sp³-hybridized carbons (Fsp3) is 1.00. The molecule has 0 fully saturated rings. The highest BCUT2D eigenvalue weighted by Crippen LogP contribution is 2.10. The Hall–Kier alpha value is -0.120. The van der Waals surface area contributed by atoms with Crippen molar-refractivity contribution < 1.29 is 5.11 Å². The smallest absolute Gasteiger partial charge is 0.0494 e. The van der Waals surface area contributed by atoms with Crippen LogP contribution in [-0.4, -0.2) is 50.3 Å². The summed E-state index contributed by atoms with van der Waals surface area (Å²) < 4.78 is 0. The topological polar surface area (TPSA) is 35.5 Å². The third kappa shape index (κ3) is 6.58. The Bertz CT molecular complexity index is 113. The first-order valence-electron chi connectivity index (χ1n) is 4.44. The van der Waals surface area contributed by atoms with Gasteiger partial charge in [0.15, 0.2) is 0 Å². The van der Waals surface area contributed by atoms with Crippen LogP contribution >= 0.6 is 0 Å². The minimum absolute atomic E-state index is 0.00626. The molecule has 12 heavy (non-hydrogen) atoms. The van der Waals surface area contributed by atoms with Crippen LogP contribution < -0.4 is 5.32 Å². The number of rotatable bonds is 6. The Labute approximate surface area is 75.8 Å². The van der Waals surface area contributed by atoms with Crippen LogP contribution in [0.4, 0.5) is 0 Å². The maximum Gasteiger partial charge on any atom is 0.0494 e. The van der Waals surface area contributed by atoms with Gasteiger partial charge in [-0.25, -0.2) is 0 Å². The van der Waals surface area contributed by atoms with Crippen molar-refractivity contribution in [1.29, 1.82) is 0 Å². The lowest BCUT2D eigenvalue weighted by molar-refractivity contribution is 0.156. The number of nitrogens with zero attached hydrogens (tertiary/aromatic N) is 1. The van der Waals surface area contributed by atoms with Crippen LogP contribution in [0.3, 0.4) is 0 Å². The molecule has 0 radical (unpaired) electrons. The van der Waals surface area contributed by atoms with Gasteiger partial charge in [-0.3, -0.25) is 0 Å². The van der Waals surface area contributed by atoms with Crippen molar-refractivity contribution >= 4 is 0 Å². The fourth-order valence-corrected chi connectivity index (χ4v) is 0.785. The number of hydrogen-bond donors (Lipinski definition) is 2. The predicted molar refractivity (Wildman–Crippen MR) is 52.3 cm³/mol. The van der Waals surface area contributed by atoms with Gasteiger partial charge in [-0.2, -0.15) is 0 Å². The van der Waals surface area contributed by atoms with Gasteiger partial charge in [0.2, 0.25) is 0 Å². The van der Waals surface area contributed by atoms with Crippen LogP contribution in [0.2, 0.25) is 0 Å². The van der Waals surface area contributed by atoms with E-state index >= 15 is 0 Å². The van der Waals surface area contributed by atoms with Crippen LogP contribution in [0, 0.1) is 5.41 Å². The molecule has 0 bridgehead atoms. The van der Waals surface area contributed by atoms with E-state index in [4.69, 9.17) is 5.11 Å². The number of aliphatic hydroxyl groups excluding tert-OH is 1. The molecule has 0 saturated carbocycles. The van der Waals surface area contributed by atoms with E-state index in [9.17, 15) is 0 Å². The highest BCUT2D eigenvalue weighted by atomic mass is 16.3. The highest BCUT2D eigenvalue weighted by Gasteiger charge is 2.14. The van der Waals surface area contributed by atoms with Gasteiger partial charge in [0.05, 0.1) is 0 Å². The molecule has 0 atom stereocenters. The summed E-state index contributed by atoms with van der Waals surface area (Å²) in [6, 6.07) is 0. The van der Waals surface area contributed by atoms with Crippen LogP contribution in [0.15, 0.2) is 0 Å². The molecule has 0 aliphatic carbocycles. The molecular weight excluding hydrogens is 152 g/mol. The molecule has 0 rings (SSSR count). The van der Waals surface area contributed by atoms with Gasteiger partial charge >= 0.3 is 0 Å². The maximum absolute atomic E-state index is 8.95. The summed E-state index contributed by atoms with van der Waals surface area (Å²) in [6.45, 7) is 7.24. The average molecular weight is 174 g/mol. The molecule has 0 aromatic rings. The van der Waals surface area contributed by atoms with Gasteiger partial charge in [-0.05, 0) is 14.1 Å². The maximum atomic E-state index is 8.95. The summed E-state index contributed by atoms with van der Waals surface area (Å²) in [4.78, 5) is 2.14. The molecule has 0 spiro atoms. The van der Waals surface area contributed by atoms with Crippen molar-refractivity contribution in [2.45, 2.75) is 13.8 Å². The molecule has 3 heteroatoms. The first-order chi connectivity index (χ1) is 5.48. The summed E-state index contributed by atoms with van der Waals surface area (Å²) in [5.74, 6) is 0. The molecule has 0 saturated heterocycles. The number of likely N-dealkylation sites (N-methyl/N-ethyl adjacent to an activating group) is 1. The number of nitrogens with one attached hydrogen (secondary N) is 1. The van der Waals surface area contributed by atoms with E-state index in [1.165, 1.54) is 0 Å². The Kier molecular flexibility index (Phi) is 5.46. The molecule has 0 amide bonds. The first-order valence-corrected chi connectivity index (χ1v) is 4.44. The van der Waals surface area contributed by atoms with E-state index in [0.29, 0.717) is 0 Å². The lowest BCUT2D eigenvalue weighted by Gasteiger charge is -2.22. The first kappa shape index (κ1) is 11.9. The van der Waals surface area contributed by atoms with Crippen molar-refractivity contribution in [3.63, 3.8) is 0 Å². The third-order valence-electron chi connectivity index (χ3n) is 1.77. The van der Waals surface area contributed by atoms with Crippen molar-refractivity contribution in [2.75, 3.05) is 40.3 Å². The van der Waals surface area contributed by atoms with Crippen LogP contribution in [0.5, 0.6) is 0 Å². The van der Waals surface area contributed by atoms with Gasteiger partial charge in [0.1, 0.15) is 0 Å². The van der Waals surface area contributed by atoms with E-state index in [1.807, 2.05) is 0 Å². The number of hydrogen-bond acceptors (Lipinski definition) is 3. The van der Waals surface area contributed by atoms with E-state index in [2.05, 4.69) is 38.2 Å². The van der Waals surface area contributed by atoms with Gasteiger partial charge in [-0.1, -0.05) is 13.8 Å². The zero-order valence-electron chi connectivity index (χ0n) is 8.72. The second-order valence-corrected chi connectivity index (χ2v) is 4.30. The summed E-state index contributed by atoms with van der Waals surface area (Å²) >= 11 is 0. The van der Waals surface area contributed by atoms with E-state index in [-0.39, 0.29) is 12.0 Å². The third-order valence-corrected chi connectivity index (χ3v) is 1.77. The molecule has 0 heterocycles. The number of aliphatic hydroxyl groups is 1. The minimum Gasteiger partial charge on any atom is -0.396 e. The Balaban J connectivity index is 3.31. The Morgan fingerprint density at radius 3 is 2.33 bits per heavy atom. The molecule has 0 aromatic carbocycles. The molecule has 0 aliphatic heterocycles. The van der Waals surface area contributed by atoms with E-state index < -0.39 is 0 Å². The lowest BCUT2D eigenvalue weighted by atomic mass is 9.95. The summed E-state index contributed by atoms with van der Waals surface area (Å²) in [5.41, 5.74) is 0.00626. The Morgan fingerprint density at radius 1 is 1.33 bits per heavy atom. The van der Waals surface area contributed by atoms with Gasteiger partial charge in [-0.15, -0.1) is 0 Å². The molecule has 0 aromatic heterocycles. The summed E-state index contributed by atoms with van der Waals surface area (Å²) in [5, 5.41) is 12.3. The Morgan fingerprint density at radius 2 is 1.92 bits per heavy atom. The molecule has 2 N–H and O–H groups in total. The van der Waals surface area contributed by atoms with Gasteiger partial charge in [0.25, 0.3) is 0 Å². The van der Waals surface area contributed by atoms with E-state index in [0.717, 1.165) is 19.6 Å². The lowest BCUT2D eigenvalue weighted by Crippen LogP contribution is -2.35. The van der Waals surface area contributed by atoms with Gasteiger partial charge in [0, 0.05) is 31.7 Å². The van der Waals surface area contributed by atoms with Crippen LogP contribution in [-0.2, 0) is 0 Å². The highest BCUT2D eigenvalue weighted by molar-refractivity contribution is 4.69. The van der Waals surface area contributed by atoms with Crippen molar-refractivity contribution in [1.82, 2.24) is 10.2 Å². The second kappa shape index (κ2) is 5.51. The summed E-state index contributed by atoms with van der Waals surface area (Å²) in [6.07, 6.45) is 0. The van der Waals surface area contributed by atoms with Crippen molar-refractivity contribution in [3.8, 4) is 0 Å². The minimum atomic E-state index is 0.00626. The summed E-state index contributed by atoms with van der Waals surface area (Å²) in [7, 11) is 4.11. The van der Waals surface area contributed by atoms with Crippen molar-refractivity contribution in [2.24, 2.45) is 5.41 Å². The molecular formula is C9H22N2O. The molecule has 0 aliphatic rings. The fourth-order valence-electron chi connectivity index (χ4n) is 0.785. The zero-order valence-corrected chi connectivity index (χ0v) is 8.72. The average Bonchev–Trinajstić information content (AvgIpc) is 1.98. The standard InChI is InChI=1S/C9H22N2O/c1-9(2,8-12)7-10-5-6-11(3)4/h10,12H,5-8H2,1-4H3. The van der Waals surface area contributed by atoms with Crippen molar-refractivity contribution in [3.05, 3.63) is 0 Å². The molecule has 3 nitrogen and oxygen atoms in total. The van der Waals surface area contributed by atoms with Gasteiger partial charge < -0.3 is 15.3 Å². The quantitative estimate of drug-likeness (QED) is 0.563.